The van der Waals surface area contributed by atoms with Gasteiger partial charge in [0, 0.05) is 13.1 Å². The van der Waals surface area contributed by atoms with E-state index in [-0.39, 0.29) is 18.0 Å². The number of aromatic nitrogens is 3. The van der Waals surface area contributed by atoms with Gasteiger partial charge in [-0.15, -0.1) is 5.10 Å². The van der Waals surface area contributed by atoms with Crippen LogP contribution in [-0.4, -0.2) is 57.5 Å². The molecular weight excluding hydrogens is 288 g/mol. The number of esters is 1. The lowest BCUT2D eigenvalue weighted by atomic mass is 10.1. The van der Waals surface area contributed by atoms with Crippen molar-refractivity contribution in [2.24, 2.45) is 0 Å². The summed E-state index contributed by atoms with van der Waals surface area (Å²) < 4.78 is 11.6. The van der Waals surface area contributed by atoms with Gasteiger partial charge in [-0.05, 0) is 33.6 Å². The minimum atomic E-state index is -0.551. The van der Waals surface area contributed by atoms with Gasteiger partial charge in [0.05, 0.1) is 13.2 Å². The van der Waals surface area contributed by atoms with E-state index >= 15 is 0 Å². The molecule has 0 N–H and O–H groups in total. The van der Waals surface area contributed by atoms with Crippen molar-refractivity contribution in [3.63, 3.8) is 0 Å². The molecular formula is C14H22N4O4. The van der Waals surface area contributed by atoms with Crippen molar-refractivity contribution >= 4 is 12.1 Å². The summed E-state index contributed by atoms with van der Waals surface area (Å²) in [5.41, 5.74) is -0.491. The van der Waals surface area contributed by atoms with Crippen molar-refractivity contribution in [3.8, 4) is 0 Å². The Morgan fingerprint density at radius 1 is 1.27 bits per heavy atom. The van der Waals surface area contributed by atoms with Crippen molar-refractivity contribution in [2.75, 3.05) is 20.2 Å². The molecule has 0 atom stereocenters. The van der Waals surface area contributed by atoms with Gasteiger partial charge in [-0.1, -0.05) is 0 Å². The largest absolute Gasteiger partial charge is 0.463 e. The number of hydrogen-bond acceptors (Lipinski definition) is 6. The van der Waals surface area contributed by atoms with Gasteiger partial charge in [-0.25, -0.2) is 19.3 Å². The number of rotatable bonds is 2. The summed E-state index contributed by atoms with van der Waals surface area (Å²) in [6.45, 7) is 6.73. The van der Waals surface area contributed by atoms with Crippen molar-refractivity contribution < 1.29 is 19.1 Å². The van der Waals surface area contributed by atoms with Gasteiger partial charge >= 0.3 is 12.1 Å². The number of amides is 1. The molecule has 0 bridgehead atoms. The van der Waals surface area contributed by atoms with Crippen LogP contribution < -0.4 is 0 Å². The topological polar surface area (TPSA) is 86.6 Å². The average Bonchev–Trinajstić information content (AvgIpc) is 2.94. The van der Waals surface area contributed by atoms with Crippen LogP contribution in [0.2, 0.25) is 0 Å². The molecule has 1 fully saturated rings. The molecule has 1 aliphatic heterocycles. The Labute approximate surface area is 129 Å². The third kappa shape index (κ3) is 3.96. The monoisotopic (exact) mass is 310 g/mol. The molecule has 1 amide bonds. The van der Waals surface area contributed by atoms with Gasteiger partial charge in [0.2, 0.25) is 0 Å². The van der Waals surface area contributed by atoms with Crippen molar-refractivity contribution in [3.05, 3.63) is 12.2 Å². The Hall–Kier alpha value is -2.12. The molecule has 0 saturated carbocycles. The minimum absolute atomic E-state index is 0.0528. The van der Waals surface area contributed by atoms with Crippen LogP contribution in [0, 0.1) is 0 Å². The van der Waals surface area contributed by atoms with Crippen LogP contribution in [0.5, 0.6) is 0 Å². The highest BCUT2D eigenvalue weighted by Gasteiger charge is 2.28. The quantitative estimate of drug-likeness (QED) is 0.772. The number of methoxy groups -OCH3 is 1. The second-order valence-electron chi connectivity index (χ2n) is 6.24. The maximum atomic E-state index is 12.0. The zero-order chi connectivity index (χ0) is 16.3. The second kappa shape index (κ2) is 6.33. The smallest absolute Gasteiger partial charge is 0.410 e. The normalized spacial score (nSPS) is 16.5. The van der Waals surface area contributed by atoms with Crippen molar-refractivity contribution in [2.45, 2.75) is 45.3 Å². The van der Waals surface area contributed by atoms with Gasteiger partial charge in [-0.2, -0.15) is 0 Å². The molecule has 0 spiro atoms. The van der Waals surface area contributed by atoms with Gasteiger partial charge < -0.3 is 14.4 Å². The molecule has 8 heteroatoms. The zero-order valence-corrected chi connectivity index (χ0v) is 13.4. The van der Waals surface area contributed by atoms with E-state index in [1.54, 1.807) is 9.58 Å². The highest BCUT2D eigenvalue weighted by molar-refractivity contribution is 5.84. The number of likely N-dealkylation sites (tertiary alicyclic amines) is 1. The van der Waals surface area contributed by atoms with E-state index in [4.69, 9.17) is 4.74 Å². The molecule has 1 saturated heterocycles. The van der Waals surface area contributed by atoms with Gasteiger partial charge in [-0.3, -0.25) is 0 Å². The maximum absolute atomic E-state index is 12.0. The molecule has 1 aromatic rings. The summed E-state index contributed by atoms with van der Waals surface area (Å²) in [6, 6.07) is 0.115. The predicted octanol–water partition coefficient (Wildman–Crippen LogP) is 1.64. The van der Waals surface area contributed by atoms with Crippen molar-refractivity contribution in [1.82, 2.24) is 19.7 Å². The fraction of sp³-hybridized carbons (Fsp3) is 0.714. The Balaban J connectivity index is 1.91. The van der Waals surface area contributed by atoms with Gasteiger partial charge in [0.25, 0.3) is 5.82 Å². The molecule has 0 radical (unpaired) electrons. The average molecular weight is 310 g/mol. The first-order chi connectivity index (χ1) is 10.3. The zero-order valence-electron chi connectivity index (χ0n) is 13.4. The summed E-state index contributed by atoms with van der Waals surface area (Å²) in [7, 11) is 1.29. The summed E-state index contributed by atoms with van der Waals surface area (Å²) in [5, 5.41) is 4.13. The fourth-order valence-corrected chi connectivity index (χ4v) is 2.28. The lowest BCUT2D eigenvalue weighted by Crippen LogP contribution is -2.42. The lowest BCUT2D eigenvalue weighted by molar-refractivity contribution is 0.0184. The van der Waals surface area contributed by atoms with Crippen LogP contribution in [0.25, 0.3) is 0 Å². The van der Waals surface area contributed by atoms with Crippen LogP contribution >= 0.6 is 0 Å². The molecule has 1 aromatic heterocycles. The van der Waals surface area contributed by atoms with Gasteiger partial charge in [0.15, 0.2) is 0 Å². The first kappa shape index (κ1) is 16.3. The Morgan fingerprint density at radius 3 is 2.45 bits per heavy atom. The van der Waals surface area contributed by atoms with E-state index in [2.05, 4.69) is 14.8 Å². The first-order valence-electron chi connectivity index (χ1n) is 7.27. The SMILES string of the molecule is COC(=O)c1ncn(C2CCN(C(=O)OC(C)(C)C)CC2)n1. The van der Waals surface area contributed by atoms with E-state index in [0.717, 1.165) is 12.8 Å². The van der Waals surface area contributed by atoms with E-state index in [0.29, 0.717) is 13.1 Å². The molecule has 0 unspecified atom stereocenters. The molecule has 0 aliphatic carbocycles. The summed E-state index contributed by atoms with van der Waals surface area (Å²) in [6.07, 6.45) is 2.71. The fourth-order valence-electron chi connectivity index (χ4n) is 2.28. The molecule has 2 rings (SSSR count). The molecule has 22 heavy (non-hydrogen) atoms. The highest BCUT2D eigenvalue weighted by atomic mass is 16.6. The maximum Gasteiger partial charge on any atom is 0.410 e. The van der Waals surface area contributed by atoms with E-state index in [9.17, 15) is 9.59 Å². The molecule has 8 nitrogen and oxygen atoms in total. The predicted molar refractivity (Wildman–Crippen MR) is 77.4 cm³/mol. The molecule has 0 aromatic carbocycles. The summed E-state index contributed by atoms with van der Waals surface area (Å²) in [4.78, 5) is 29.0. The van der Waals surface area contributed by atoms with Crippen LogP contribution in [0.4, 0.5) is 4.79 Å². The third-order valence-corrected chi connectivity index (χ3v) is 3.37. The van der Waals surface area contributed by atoms with E-state index in [1.807, 2.05) is 20.8 Å². The summed E-state index contributed by atoms with van der Waals surface area (Å²) in [5.74, 6) is -0.498. The Kier molecular flexibility index (Phi) is 4.68. The van der Waals surface area contributed by atoms with Crippen LogP contribution in [0.15, 0.2) is 6.33 Å². The van der Waals surface area contributed by atoms with Crippen LogP contribution in [0.1, 0.15) is 50.3 Å². The van der Waals surface area contributed by atoms with E-state index in [1.165, 1.54) is 13.4 Å². The van der Waals surface area contributed by atoms with Crippen molar-refractivity contribution in [1.29, 1.82) is 0 Å². The molecule has 2 heterocycles. The molecule has 122 valence electrons. The second-order valence-corrected chi connectivity index (χ2v) is 6.24. The number of hydrogen-bond donors (Lipinski definition) is 0. The number of piperidine rings is 1. The molecule has 1 aliphatic rings. The minimum Gasteiger partial charge on any atom is -0.463 e. The Bertz CT molecular complexity index is 541. The number of ether oxygens (including phenoxy) is 2. The van der Waals surface area contributed by atoms with E-state index < -0.39 is 11.6 Å². The van der Waals surface area contributed by atoms with Gasteiger partial charge in [0.1, 0.15) is 11.9 Å². The number of nitrogens with zero attached hydrogens (tertiary/aromatic N) is 4. The van der Waals surface area contributed by atoms with Crippen LogP contribution in [0.3, 0.4) is 0 Å². The Morgan fingerprint density at radius 2 is 1.91 bits per heavy atom. The highest BCUT2D eigenvalue weighted by Crippen LogP contribution is 2.23. The van der Waals surface area contributed by atoms with Crippen LogP contribution in [-0.2, 0) is 9.47 Å². The standard InChI is InChI=1S/C14H22N4O4/c1-14(2,3)22-13(20)17-7-5-10(6-8-17)18-9-15-11(16-18)12(19)21-4/h9-10H,5-8H2,1-4H3. The third-order valence-electron chi connectivity index (χ3n) is 3.37. The first-order valence-corrected chi connectivity index (χ1v) is 7.27. The summed E-state index contributed by atoms with van der Waals surface area (Å²) >= 11 is 0. The lowest BCUT2D eigenvalue weighted by Gasteiger charge is -2.33. The number of carbonyl (C=O) groups excluding carboxylic acids is 2. The number of carbonyl (C=O) groups is 2.